The monoisotopic (exact) mass is 409 g/mol. The van der Waals surface area contributed by atoms with Crippen LogP contribution in [0.15, 0.2) is 40.8 Å². The molecule has 0 spiro atoms. The Morgan fingerprint density at radius 1 is 1.07 bits per heavy atom. The maximum absolute atomic E-state index is 12.6. The number of nitrogens with zero attached hydrogens (tertiary/aromatic N) is 2. The van der Waals surface area contributed by atoms with Crippen molar-refractivity contribution in [2.45, 2.75) is 38.6 Å². The molecule has 0 bridgehead atoms. The van der Waals surface area contributed by atoms with Gasteiger partial charge in [-0.15, -0.1) is 0 Å². The van der Waals surface area contributed by atoms with Gasteiger partial charge in [-0.05, 0) is 49.2 Å². The maximum Gasteiger partial charge on any atom is 0.253 e. The zero-order valence-electron chi connectivity index (χ0n) is 17.9. The first kappa shape index (κ1) is 20.7. The van der Waals surface area contributed by atoms with Crippen molar-refractivity contribution in [2.75, 3.05) is 33.2 Å². The molecule has 1 N–H and O–H groups in total. The standard InChI is InChI=1S/C24H31N3O3/c1-17-15-21(17)22-9-7-20(30-22)8-10-23(28)25-16-18-3-5-19(6-4-18)24(29)27-13-11-26(2)12-14-27/h3-7,9,17,21H,8,10-16H2,1-2H3,(H,25,28). The van der Waals surface area contributed by atoms with Gasteiger partial charge in [0.1, 0.15) is 11.5 Å². The van der Waals surface area contributed by atoms with Crippen LogP contribution in [-0.2, 0) is 17.8 Å². The van der Waals surface area contributed by atoms with Crippen molar-refractivity contribution in [1.82, 2.24) is 15.1 Å². The topological polar surface area (TPSA) is 65.8 Å². The smallest absolute Gasteiger partial charge is 0.253 e. The number of amides is 2. The quantitative estimate of drug-likeness (QED) is 0.763. The van der Waals surface area contributed by atoms with Crippen LogP contribution in [0.1, 0.15) is 53.1 Å². The van der Waals surface area contributed by atoms with Crippen LogP contribution in [0.2, 0.25) is 0 Å². The van der Waals surface area contributed by atoms with Crippen LogP contribution in [0.5, 0.6) is 0 Å². The normalized spacial score (nSPS) is 21.5. The zero-order valence-corrected chi connectivity index (χ0v) is 17.9. The molecular formula is C24H31N3O3. The zero-order chi connectivity index (χ0) is 21.1. The summed E-state index contributed by atoms with van der Waals surface area (Å²) in [6, 6.07) is 11.6. The van der Waals surface area contributed by atoms with E-state index in [-0.39, 0.29) is 11.8 Å². The van der Waals surface area contributed by atoms with Gasteiger partial charge in [-0.25, -0.2) is 0 Å². The second-order valence-corrected chi connectivity index (χ2v) is 8.69. The van der Waals surface area contributed by atoms with Crippen molar-refractivity contribution < 1.29 is 14.0 Å². The lowest BCUT2D eigenvalue weighted by Crippen LogP contribution is -2.47. The van der Waals surface area contributed by atoms with Crippen molar-refractivity contribution in [3.63, 3.8) is 0 Å². The number of aryl methyl sites for hydroxylation is 1. The molecule has 1 saturated heterocycles. The molecule has 1 aromatic carbocycles. The summed E-state index contributed by atoms with van der Waals surface area (Å²) in [6.45, 7) is 6.05. The summed E-state index contributed by atoms with van der Waals surface area (Å²) < 4.78 is 5.86. The van der Waals surface area contributed by atoms with E-state index >= 15 is 0 Å². The summed E-state index contributed by atoms with van der Waals surface area (Å²) in [5, 5.41) is 2.95. The van der Waals surface area contributed by atoms with Gasteiger partial charge in [0.05, 0.1) is 0 Å². The summed E-state index contributed by atoms with van der Waals surface area (Å²) in [4.78, 5) is 28.9. The third-order valence-electron chi connectivity index (χ3n) is 6.24. The van der Waals surface area contributed by atoms with Gasteiger partial charge in [-0.1, -0.05) is 19.1 Å². The highest BCUT2D eigenvalue weighted by Gasteiger charge is 2.36. The van der Waals surface area contributed by atoms with Gasteiger partial charge >= 0.3 is 0 Å². The number of likely N-dealkylation sites (N-methyl/N-ethyl adjacent to an activating group) is 1. The minimum atomic E-state index is 0.00493. The van der Waals surface area contributed by atoms with Gasteiger partial charge in [0.15, 0.2) is 0 Å². The molecule has 2 atom stereocenters. The first-order valence-electron chi connectivity index (χ1n) is 10.9. The molecule has 2 heterocycles. The van der Waals surface area contributed by atoms with E-state index in [4.69, 9.17) is 4.42 Å². The van der Waals surface area contributed by atoms with E-state index in [1.54, 1.807) is 0 Å². The molecule has 6 nitrogen and oxygen atoms in total. The van der Waals surface area contributed by atoms with Gasteiger partial charge in [-0.3, -0.25) is 9.59 Å². The van der Waals surface area contributed by atoms with Crippen LogP contribution in [0.25, 0.3) is 0 Å². The third-order valence-corrected chi connectivity index (χ3v) is 6.24. The van der Waals surface area contributed by atoms with Crippen molar-refractivity contribution >= 4 is 11.8 Å². The van der Waals surface area contributed by atoms with Crippen molar-refractivity contribution in [3.05, 3.63) is 59.0 Å². The molecule has 160 valence electrons. The van der Waals surface area contributed by atoms with Crippen LogP contribution < -0.4 is 5.32 Å². The van der Waals surface area contributed by atoms with E-state index in [1.807, 2.05) is 41.3 Å². The molecule has 1 aliphatic carbocycles. The molecule has 2 amide bonds. The van der Waals surface area contributed by atoms with E-state index in [1.165, 1.54) is 6.42 Å². The molecule has 2 fully saturated rings. The highest BCUT2D eigenvalue weighted by Crippen LogP contribution is 2.47. The number of hydrogen-bond donors (Lipinski definition) is 1. The van der Waals surface area contributed by atoms with Crippen molar-refractivity contribution in [3.8, 4) is 0 Å². The SMILES string of the molecule is CC1CC1c1ccc(CCC(=O)NCc2ccc(C(=O)N3CCN(C)CC3)cc2)o1. The van der Waals surface area contributed by atoms with Crippen LogP contribution in [0, 0.1) is 5.92 Å². The summed E-state index contributed by atoms with van der Waals surface area (Å²) in [7, 11) is 2.07. The minimum Gasteiger partial charge on any atom is -0.466 e. The number of nitrogens with one attached hydrogen (secondary N) is 1. The molecule has 4 rings (SSSR count). The van der Waals surface area contributed by atoms with E-state index in [0.29, 0.717) is 30.9 Å². The average molecular weight is 410 g/mol. The Labute approximate surface area is 178 Å². The number of hydrogen-bond acceptors (Lipinski definition) is 4. The molecular weight excluding hydrogens is 378 g/mol. The Morgan fingerprint density at radius 3 is 2.43 bits per heavy atom. The minimum absolute atomic E-state index is 0.00493. The lowest BCUT2D eigenvalue weighted by Gasteiger charge is -2.32. The fourth-order valence-corrected chi connectivity index (χ4v) is 3.93. The molecule has 30 heavy (non-hydrogen) atoms. The van der Waals surface area contributed by atoms with E-state index in [9.17, 15) is 9.59 Å². The van der Waals surface area contributed by atoms with Gasteiger partial charge in [0, 0.05) is 57.0 Å². The molecule has 1 saturated carbocycles. The highest BCUT2D eigenvalue weighted by molar-refractivity contribution is 5.94. The summed E-state index contributed by atoms with van der Waals surface area (Å²) in [5.74, 6) is 3.31. The molecule has 2 unspecified atom stereocenters. The van der Waals surface area contributed by atoms with E-state index in [2.05, 4.69) is 24.2 Å². The third kappa shape index (κ3) is 5.11. The van der Waals surface area contributed by atoms with Gasteiger partial charge in [-0.2, -0.15) is 0 Å². The number of piperazine rings is 1. The van der Waals surface area contributed by atoms with Crippen LogP contribution in [0.3, 0.4) is 0 Å². The lowest BCUT2D eigenvalue weighted by molar-refractivity contribution is -0.121. The number of furan rings is 1. The number of rotatable bonds is 7. The first-order valence-corrected chi connectivity index (χ1v) is 10.9. The van der Waals surface area contributed by atoms with Gasteiger partial charge < -0.3 is 19.5 Å². The molecule has 1 aromatic heterocycles. The van der Waals surface area contributed by atoms with Crippen LogP contribution in [-0.4, -0.2) is 54.8 Å². The average Bonchev–Trinajstić information content (AvgIpc) is 3.30. The second kappa shape index (κ2) is 9.04. The number of carbonyl (C=O) groups is 2. The fraction of sp³-hybridized carbons (Fsp3) is 0.500. The van der Waals surface area contributed by atoms with E-state index in [0.717, 1.165) is 49.2 Å². The first-order chi connectivity index (χ1) is 14.5. The largest absolute Gasteiger partial charge is 0.466 e. The molecule has 6 heteroatoms. The number of carbonyl (C=O) groups excluding carboxylic acids is 2. The van der Waals surface area contributed by atoms with Gasteiger partial charge in [0.2, 0.25) is 5.91 Å². The van der Waals surface area contributed by atoms with Gasteiger partial charge in [0.25, 0.3) is 5.91 Å². The van der Waals surface area contributed by atoms with Crippen LogP contribution >= 0.6 is 0 Å². The predicted molar refractivity (Wildman–Crippen MR) is 115 cm³/mol. The summed E-state index contributed by atoms with van der Waals surface area (Å²) in [5.41, 5.74) is 1.69. The molecule has 0 radical (unpaired) electrons. The Bertz CT molecular complexity index is 881. The Morgan fingerprint density at radius 2 is 1.77 bits per heavy atom. The van der Waals surface area contributed by atoms with Crippen LogP contribution in [0.4, 0.5) is 0 Å². The second-order valence-electron chi connectivity index (χ2n) is 8.69. The van der Waals surface area contributed by atoms with Crippen molar-refractivity contribution in [2.24, 2.45) is 5.92 Å². The highest BCUT2D eigenvalue weighted by atomic mass is 16.3. The maximum atomic E-state index is 12.6. The Balaban J connectivity index is 1.20. The van der Waals surface area contributed by atoms with Crippen molar-refractivity contribution in [1.29, 1.82) is 0 Å². The summed E-state index contributed by atoms with van der Waals surface area (Å²) >= 11 is 0. The molecule has 2 aromatic rings. The lowest BCUT2D eigenvalue weighted by atomic mass is 10.1. The summed E-state index contributed by atoms with van der Waals surface area (Å²) in [6.07, 6.45) is 2.23. The number of benzene rings is 1. The Kier molecular flexibility index (Phi) is 6.23. The molecule has 1 aliphatic heterocycles. The Hall–Kier alpha value is -2.60. The molecule has 2 aliphatic rings. The fourth-order valence-electron chi connectivity index (χ4n) is 3.93. The predicted octanol–water partition coefficient (Wildman–Crippen LogP) is 3.04. The van der Waals surface area contributed by atoms with E-state index < -0.39 is 0 Å².